The number of nitrogens with zero attached hydrogens (tertiary/aromatic N) is 2. The van der Waals surface area contributed by atoms with Gasteiger partial charge in [-0.1, -0.05) is 17.7 Å². The Kier molecular flexibility index (Phi) is 5.44. The van der Waals surface area contributed by atoms with Crippen LogP contribution in [-0.4, -0.2) is 50.1 Å². The molecule has 2 rings (SSSR count). The third kappa shape index (κ3) is 3.98. The van der Waals surface area contributed by atoms with Crippen molar-refractivity contribution in [3.63, 3.8) is 0 Å². The van der Waals surface area contributed by atoms with Gasteiger partial charge in [0.1, 0.15) is 0 Å². The van der Waals surface area contributed by atoms with Crippen LogP contribution in [0.3, 0.4) is 0 Å². The van der Waals surface area contributed by atoms with Gasteiger partial charge in [-0.05, 0) is 31.0 Å². The number of carbonyl (C=O) groups excluding carboxylic acids is 1. The zero-order chi connectivity index (χ0) is 16.3. The van der Waals surface area contributed by atoms with E-state index >= 15 is 0 Å². The average molecular weight is 346 g/mol. The normalized spacial score (nSPS) is 20.1. The molecule has 0 saturated carbocycles. The van der Waals surface area contributed by atoms with Crippen LogP contribution in [0.4, 0.5) is 5.69 Å². The molecule has 6 nitrogen and oxygen atoms in total. The Bertz CT molecular complexity index is 648. The van der Waals surface area contributed by atoms with E-state index < -0.39 is 10.2 Å². The average Bonchev–Trinajstić information content (AvgIpc) is 2.47. The minimum atomic E-state index is -3.48. The van der Waals surface area contributed by atoms with Crippen molar-refractivity contribution in [1.82, 2.24) is 8.61 Å². The van der Waals surface area contributed by atoms with Gasteiger partial charge >= 0.3 is 0 Å². The predicted molar refractivity (Wildman–Crippen MR) is 87.0 cm³/mol. The number of nitrogens with one attached hydrogen (secondary N) is 1. The van der Waals surface area contributed by atoms with Gasteiger partial charge in [0.05, 0.1) is 5.92 Å². The standard InChI is InChI=1S/C14H20ClN3O3S/c1-17(2)22(20,21)18-8-4-5-11(10-18)14(19)16-13-7-3-6-12(15)9-13/h3,6-7,9,11H,4-5,8,10H2,1-2H3,(H,16,19)/t11-/m1/s1. The van der Waals surface area contributed by atoms with E-state index in [4.69, 9.17) is 11.6 Å². The second-order valence-electron chi connectivity index (χ2n) is 5.49. The molecule has 0 unspecified atom stereocenters. The molecule has 22 heavy (non-hydrogen) atoms. The molecular weight excluding hydrogens is 326 g/mol. The van der Waals surface area contributed by atoms with Crippen molar-refractivity contribution in [2.45, 2.75) is 12.8 Å². The van der Waals surface area contributed by atoms with Crippen LogP contribution in [-0.2, 0) is 15.0 Å². The highest BCUT2D eigenvalue weighted by Gasteiger charge is 2.33. The summed E-state index contributed by atoms with van der Waals surface area (Å²) in [6, 6.07) is 6.89. The van der Waals surface area contributed by atoms with Crippen LogP contribution in [0.25, 0.3) is 0 Å². The molecule has 1 heterocycles. The highest BCUT2D eigenvalue weighted by Crippen LogP contribution is 2.22. The molecule has 0 aromatic heterocycles. The maximum absolute atomic E-state index is 12.3. The van der Waals surface area contributed by atoms with Gasteiger partial charge in [0.2, 0.25) is 5.91 Å². The van der Waals surface area contributed by atoms with Crippen molar-refractivity contribution in [2.24, 2.45) is 5.92 Å². The molecule has 8 heteroatoms. The monoisotopic (exact) mass is 345 g/mol. The van der Waals surface area contributed by atoms with Crippen molar-refractivity contribution >= 4 is 33.4 Å². The van der Waals surface area contributed by atoms with Crippen molar-refractivity contribution in [3.05, 3.63) is 29.3 Å². The summed E-state index contributed by atoms with van der Waals surface area (Å²) < 4.78 is 26.8. The summed E-state index contributed by atoms with van der Waals surface area (Å²) in [4.78, 5) is 12.3. The zero-order valence-corrected chi connectivity index (χ0v) is 14.2. The molecule has 1 N–H and O–H groups in total. The molecular formula is C14H20ClN3O3S. The van der Waals surface area contributed by atoms with E-state index in [2.05, 4.69) is 5.32 Å². The SMILES string of the molecule is CN(C)S(=O)(=O)N1CCC[C@@H](C(=O)Nc2cccc(Cl)c2)C1. The number of piperidine rings is 1. The molecule has 1 aromatic carbocycles. The van der Waals surface area contributed by atoms with Crippen LogP contribution >= 0.6 is 11.6 Å². The van der Waals surface area contributed by atoms with Crippen molar-refractivity contribution in [2.75, 3.05) is 32.5 Å². The lowest BCUT2D eigenvalue weighted by atomic mass is 9.99. The van der Waals surface area contributed by atoms with Crippen LogP contribution in [0.5, 0.6) is 0 Å². The van der Waals surface area contributed by atoms with Crippen LogP contribution in [0.15, 0.2) is 24.3 Å². The fourth-order valence-electron chi connectivity index (χ4n) is 2.41. The summed E-state index contributed by atoms with van der Waals surface area (Å²) in [7, 11) is -0.498. The van der Waals surface area contributed by atoms with Gasteiger partial charge in [-0.25, -0.2) is 0 Å². The highest BCUT2D eigenvalue weighted by molar-refractivity contribution is 7.86. The molecule has 1 aliphatic rings. The van der Waals surface area contributed by atoms with Gasteiger partial charge in [0, 0.05) is 37.9 Å². The minimum absolute atomic E-state index is 0.180. The molecule has 1 fully saturated rings. The molecule has 0 radical (unpaired) electrons. The Balaban J connectivity index is 2.04. The number of carbonyl (C=O) groups is 1. The molecule has 0 spiro atoms. The number of hydrogen-bond acceptors (Lipinski definition) is 3. The van der Waals surface area contributed by atoms with Gasteiger partial charge in [0.15, 0.2) is 0 Å². The Morgan fingerprint density at radius 2 is 2.14 bits per heavy atom. The summed E-state index contributed by atoms with van der Waals surface area (Å²) in [6.07, 6.45) is 1.34. The predicted octanol–water partition coefficient (Wildman–Crippen LogP) is 1.80. The van der Waals surface area contributed by atoms with E-state index in [0.717, 1.165) is 0 Å². The lowest BCUT2D eigenvalue weighted by Crippen LogP contribution is -2.47. The molecule has 122 valence electrons. The Morgan fingerprint density at radius 1 is 1.41 bits per heavy atom. The molecule has 1 atom stereocenters. The number of amides is 1. The topological polar surface area (TPSA) is 69.7 Å². The van der Waals surface area contributed by atoms with Gasteiger partial charge in [-0.2, -0.15) is 17.0 Å². The summed E-state index contributed by atoms with van der Waals surface area (Å²) >= 11 is 5.89. The van der Waals surface area contributed by atoms with Crippen LogP contribution in [0.1, 0.15) is 12.8 Å². The van der Waals surface area contributed by atoms with E-state index in [1.807, 2.05) is 0 Å². The van der Waals surface area contributed by atoms with E-state index in [1.54, 1.807) is 24.3 Å². The van der Waals surface area contributed by atoms with E-state index in [-0.39, 0.29) is 18.4 Å². The lowest BCUT2D eigenvalue weighted by Gasteiger charge is -2.32. The van der Waals surface area contributed by atoms with Gasteiger partial charge < -0.3 is 5.32 Å². The first-order valence-corrected chi connectivity index (χ1v) is 8.82. The van der Waals surface area contributed by atoms with Crippen molar-refractivity contribution in [1.29, 1.82) is 0 Å². The number of anilines is 1. The third-order valence-corrected chi connectivity index (χ3v) is 5.78. The first kappa shape index (κ1) is 17.2. The Hall–Kier alpha value is -1.15. The van der Waals surface area contributed by atoms with E-state index in [0.29, 0.717) is 30.1 Å². The van der Waals surface area contributed by atoms with Crippen molar-refractivity contribution in [3.8, 4) is 0 Å². The largest absolute Gasteiger partial charge is 0.326 e. The zero-order valence-electron chi connectivity index (χ0n) is 12.6. The number of hydrogen-bond donors (Lipinski definition) is 1. The van der Waals surface area contributed by atoms with Gasteiger partial charge in [-0.3, -0.25) is 4.79 Å². The number of benzene rings is 1. The maximum atomic E-state index is 12.3. The maximum Gasteiger partial charge on any atom is 0.281 e. The fourth-order valence-corrected chi connectivity index (χ4v) is 3.79. The summed E-state index contributed by atoms with van der Waals surface area (Å²) in [5.41, 5.74) is 0.616. The molecule has 0 aliphatic carbocycles. The van der Waals surface area contributed by atoms with Crippen LogP contribution in [0.2, 0.25) is 5.02 Å². The summed E-state index contributed by atoms with van der Waals surface area (Å²) in [5.74, 6) is -0.539. The van der Waals surface area contributed by atoms with E-state index in [9.17, 15) is 13.2 Å². The Labute approximate surface area is 136 Å². The third-order valence-electron chi connectivity index (χ3n) is 3.63. The van der Waals surface area contributed by atoms with Crippen LogP contribution < -0.4 is 5.32 Å². The molecule has 0 bridgehead atoms. The first-order valence-electron chi connectivity index (χ1n) is 7.05. The fraction of sp³-hybridized carbons (Fsp3) is 0.500. The smallest absolute Gasteiger partial charge is 0.281 e. The number of halogens is 1. The first-order chi connectivity index (χ1) is 10.3. The summed E-state index contributed by atoms with van der Waals surface area (Å²) in [5, 5.41) is 3.34. The summed E-state index contributed by atoms with van der Waals surface area (Å²) in [6.45, 7) is 0.647. The lowest BCUT2D eigenvalue weighted by molar-refractivity contribution is -0.120. The van der Waals surface area contributed by atoms with Gasteiger partial charge in [0.25, 0.3) is 10.2 Å². The number of rotatable bonds is 4. The minimum Gasteiger partial charge on any atom is -0.326 e. The van der Waals surface area contributed by atoms with Crippen molar-refractivity contribution < 1.29 is 13.2 Å². The highest BCUT2D eigenvalue weighted by atomic mass is 35.5. The molecule has 1 amide bonds. The Morgan fingerprint density at radius 3 is 2.77 bits per heavy atom. The van der Waals surface area contributed by atoms with Gasteiger partial charge in [-0.15, -0.1) is 0 Å². The van der Waals surface area contributed by atoms with Crippen LogP contribution in [0, 0.1) is 5.92 Å². The quantitative estimate of drug-likeness (QED) is 0.904. The second-order valence-corrected chi connectivity index (χ2v) is 8.07. The second kappa shape index (κ2) is 6.95. The van der Waals surface area contributed by atoms with E-state index in [1.165, 1.54) is 22.7 Å². The molecule has 1 aromatic rings. The molecule has 1 saturated heterocycles. The molecule has 1 aliphatic heterocycles.